The molecule has 5 heteroatoms. The summed E-state index contributed by atoms with van der Waals surface area (Å²) in [4.78, 5) is 26.5. The highest BCUT2D eigenvalue weighted by molar-refractivity contribution is 6.04. The third kappa shape index (κ3) is 4.26. The Kier molecular flexibility index (Phi) is 5.41. The highest BCUT2D eigenvalue weighted by Gasteiger charge is 2.21. The van der Waals surface area contributed by atoms with Crippen LogP contribution in [-0.2, 0) is 0 Å². The predicted octanol–water partition coefficient (Wildman–Crippen LogP) is 4.67. The topological polar surface area (TPSA) is 62.6 Å². The molecule has 0 saturated carbocycles. The molecule has 0 saturated heterocycles. The Labute approximate surface area is 158 Å². The number of aryl methyl sites for hydroxylation is 1. The van der Waals surface area contributed by atoms with Gasteiger partial charge in [-0.15, -0.1) is 0 Å². The number of hydrogen-bond donors (Lipinski definition) is 1. The van der Waals surface area contributed by atoms with Crippen LogP contribution in [0, 0.1) is 6.92 Å². The number of carbonyl (C=O) groups excluding carboxylic acids is 2. The molecule has 0 aliphatic rings. The van der Waals surface area contributed by atoms with Crippen LogP contribution < -0.4 is 5.32 Å². The molecule has 3 rings (SSSR count). The summed E-state index contributed by atoms with van der Waals surface area (Å²) in [5, 5.41) is 2.90. The molecule has 0 radical (unpaired) electrons. The molecule has 0 fully saturated rings. The minimum absolute atomic E-state index is 0.170. The van der Waals surface area contributed by atoms with Crippen LogP contribution in [0.2, 0.25) is 0 Å². The van der Waals surface area contributed by atoms with Gasteiger partial charge in [0.15, 0.2) is 5.76 Å². The number of hydrogen-bond acceptors (Lipinski definition) is 3. The smallest absolute Gasteiger partial charge is 0.289 e. The molecule has 1 atom stereocenters. The molecular weight excluding hydrogens is 340 g/mol. The SMILES string of the molecule is Cc1ccc(C(=O)N(C)[C@H](C)c2cccc(NC(=O)c3ccccc3)c2)o1. The summed E-state index contributed by atoms with van der Waals surface area (Å²) in [5.74, 6) is 0.658. The Balaban J connectivity index is 1.74. The van der Waals surface area contributed by atoms with Gasteiger partial charge < -0.3 is 14.6 Å². The fraction of sp³-hybridized carbons (Fsp3) is 0.182. The van der Waals surface area contributed by atoms with Gasteiger partial charge in [-0.1, -0.05) is 30.3 Å². The highest BCUT2D eigenvalue weighted by atomic mass is 16.3. The molecule has 1 aromatic heterocycles. The van der Waals surface area contributed by atoms with Crippen LogP contribution >= 0.6 is 0 Å². The zero-order chi connectivity index (χ0) is 19.4. The number of furan rings is 1. The monoisotopic (exact) mass is 362 g/mol. The predicted molar refractivity (Wildman–Crippen MR) is 105 cm³/mol. The molecular formula is C22H22N2O3. The first-order valence-corrected chi connectivity index (χ1v) is 8.75. The Morgan fingerprint density at radius 1 is 1.00 bits per heavy atom. The van der Waals surface area contributed by atoms with E-state index in [1.54, 1.807) is 43.1 Å². The third-order valence-electron chi connectivity index (χ3n) is 4.52. The highest BCUT2D eigenvalue weighted by Crippen LogP contribution is 2.24. The molecule has 5 nitrogen and oxygen atoms in total. The zero-order valence-corrected chi connectivity index (χ0v) is 15.6. The summed E-state index contributed by atoms with van der Waals surface area (Å²) in [6, 6.07) is 19.8. The zero-order valence-electron chi connectivity index (χ0n) is 15.6. The van der Waals surface area contributed by atoms with Crippen molar-refractivity contribution in [3.63, 3.8) is 0 Å². The van der Waals surface area contributed by atoms with E-state index in [-0.39, 0.29) is 17.9 Å². The second kappa shape index (κ2) is 7.91. The van der Waals surface area contributed by atoms with E-state index in [0.29, 0.717) is 22.8 Å². The van der Waals surface area contributed by atoms with Crippen LogP contribution in [0.5, 0.6) is 0 Å². The standard InChI is InChI=1S/C22H22N2O3/c1-15-12-13-20(27-15)22(26)24(3)16(2)18-10-7-11-19(14-18)23-21(25)17-8-5-4-6-9-17/h4-14,16H,1-3H3,(H,23,25)/t16-/m1/s1. The molecule has 27 heavy (non-hydrogen) atoms. The Hall–Kier alpha value is -3.34. The van der Waals surface area contributed by atoms with E-state index in [2.05, 4.69) is 5.32 Å². The molecule has 1 N–H and O–H groups in total. The van der Waals surface area contributed by atoms with Crippen LogP contribution in [0.25, 0.3) is 0 Å². The van der Waals surface area contributed by atoms with Crippen molar-refractivity contribution in [3.8, 4) is 0 Å². The summed E-state index contributed by atoms with van der Waals surface area (Å²) < 4.78 is 5.43. The van der Waals surface area contributed by atoms with Crippen molar-refractivity contribution in [1.29, 1.82) is 0 Å². The fourth-order valence-corrected chi connectivity index (χ4v) is 2.79. The molecule has 0 bridgehead atoms. The summed E-state index contributed by atoms with van der Waals surface area (Å²) in [6.45, 7) is 3.74. The van der Waals surface area contributed by atoms with Crippen LogP contribution in [0.3, 0.4) is 0 Å². The van der Waals surface area contributed by atoms with Crippen LogP contribution in [0.1, 0.15) is 45.2 Å². The van der Waals surface area contributed by atoms with Gasteiger partial charge in [-0.3, -0.25) is 9.59 Å². The van der Waals surface area contributed by atoms with E-state index in [4.69, 9.17) is 4.42 Å². The summed E-state index contributed by atoms with van der Waals surface area (Å²) in [7, 11) is 1.74. The van der Waals surface area contributed by atoms with E-state index < -0.39 is 0 Å². The van der Waals surface area contributed by atoms with E-state index in [0.717, 1.165) is 5.56 Å². The number of carbonyl (C=O) groups is 2. The Morgan fingerprint density at radius 2 is 1.74 bits per heavy atom. The van der Waals surface area contributed by atoms with Crippen LogP contribution in [0.4, 0.5) is 5.69 Å². The Bertz CT molecular complexity index is 947. The molecule has 3 aromatic rings. The number of nitrogens with zero attached hydrogens (tertiary/aromatic N) is 1. The van der Waals surface area contributed by atoms with Gasteiger partial charge in [-0.05, 0) is 55.8 Å². The van der Waals surface area contributed by atoms with Crippen molar-refractivity contribution in [1.82, 2.24) is 4.90 Å². The van der Waals surface area contributed by atoms with E-state index in [1.165, 1.54) is 0 Å². The number of nitrogens with one attached hydrogen (secondary N) is 1. The number of benzene rings is 2. The third-order valence-corrected chi connectivity index (χ3v) is 4.52. The quantitative estimate of drug-likeness (QED) is 0.717. The van der Waals surface area contributed by atoms with Crippen molar-refractivity contribution in [2.45, 2.75) is 19.9 Å². The lowest BCUT2D eigenvalue weighted by molar-refractivity contribution is 0.0709. The van der Waals surface area contributed by atoms with Gasteiger partial charge in [0.25, 0.3) is 11.8 Å². The van der Waals surface area contributed by atoms with Crippen LogP contribution in [-0.4, -0.2) is 23.8 Å². The van der Waals surface area contributed by atoms with Gasteiger partial charge in [-0.25, -0.2) is 0 Å². The van der Waals surface area contributed by atoms with Crippen molar-refractivity contribution in [2.24, 2.45) is 0 Å². The normalized spacial score (nSPS) is 11.7. The van der Waals surface area contributed by atoms with E-state index in [1.807, 2.05) is 49.4 Å². The van der Waals surface area contributed by atoms with E-state index in [9.17, 15) is 9.59 Å². The summed E-state index contributed by atoms with van der Waals surface area (Å²) >= 11 is 0. The largest absolute Gasteiger partial charge is 0.456 e. The van der Waals surface area contributed by atoms with Crippen molar-refractivity contribution >= 4 is 17.5 Å². The molecule has 1 heterocycles. The summed E-state index contributed by atoms with van der Waals surface area (Å²) in [6.07, 6.45) is 0. The lowest BCUT2D eigenvalue weighted by Crippen LogP contribution is -2.29. The van der Waals surface area contributed by atoms with Crippen molar-refractivity contribution in [3.05, 3.63) is 89.4 Å². The first kappa shape index (κ1) is 18.5. The number of rotatable bonds is 5. The van der Waals surface area contributed by atoms with Gasteiger partial charge in [0.2, 0.25) is 0 Å². The van der Waals surface area contributed by atoms with Crippen molar-refractivity contribution < 1.29 is 14.0 Å². The lowest BCUT2D eigenvalue weighted by Gasteiger charge is -2.25. The molecule has 0 aliphatic heterocycles. The van der Waals surface area contributed by atoms with E-state index >= 15 is 0 Å². The van der Waals surface area contributed by atoms with Gasteiger partial charge >= 0.3 is 0 Å². The van der Waals surface area contributed by atoms with Gasteiger partial charge in [0.1, 0.15) is 5.76 Å². The molecule has 0 spiro atoms. The molecule has 138 valence electrons. The molecule has 0 aliphatic carbocycles. The average Bonchev–Trinajstić information content (AvgIpc) is 3.13. The summed E-state index contributed by atoms with van der Waals surface area (Å²) in [5.41, 5.74) is 2.19. The maximum atomic E-state index is 12.6. The lowest BCUT2D eigenvalue weighted by atomic mass is 10.1. The fourth-order valence-electron chi connectivity index (χ4n) is 2.79. The first-order chi connectivity index (χ1) is 13.0. The molecule has 2 amide bonds. The second-order valence-electron chi connectivity index (χ2n) is 6.45. The minimum atomic E-state index is -0.186. The second-order valence-corrected chi connectivity index (χ2v) is 6.45. The van der Waals surface area contributed by atoms with Gasteiger partial charge in [-0.2, -0.15) is 0 Å². The number of amides is 2. The Morgan fingerprint density at radius 3 is 2.41 bits per heavy atom. The average molecular weight is 362 g/mol. The van der Waals surface area contributed by atoms with Gasteiger partial charge in [0.05, 0.1) is 6.04 Å². The molecule has 0 unspecified atom stereocenters. The first-order valence-electron chi connectivity index (χ1n) is 8.75. The van der Waals surface area contributed by atoms with Gasteiger partial charge in [0, 0.05) is 18.3 Å². The minimum Gasteiger partial charge on any atom is -0.456 e. The van der Waals surface area contributed by atoms with Crippen LogP contribution in [0.15, 0.2) is 71.1 Å². The maximum Gasteiger partial charge on any atom is 0.289 e. The number of anilines is 1. The molecule has 2 aromatic carbocycles. The maximum absolute atomic E-state index is 12.6. The van der Waals surface area contributed by atoms with Crippen molar-refractivity contribution in [2.75, 3.05) is 12.4 Å².